The number of sulfone groups is 1. The summed E-state index contributed by atoms with van der Waals surface area (Å²) in [6.45, 7) is 0. The van der Waals surface area contributed by atoms with Crippen molar-refractivity contribution in [3.05, 3.63) is 30.0 Å². The molecule has 0 aliphatic rings. The normalized spacial score (nSPS) is 11.6. The van der Waals surface area contributed by atoms with Crippen molar-refractivity contribution < 1.29 is 17.9 Å². The Hall–Kier alpha value is -1.82. The van der Waals surface area contributed by atoms with Crippen LogP contribution in [-0.4, -0.2) is 32.7 Å². The zero-order chi connectivity index (χ0) is 12.6. The minimum absolute atomic E-state index is 0.0139. The number of aromatic nitrogens is 1. The highest BCUT2D eigenvalue weighted by molar-refractivity contribution is 7.91. The van der Waals surface area contributed by atoms with Gasteiger partial charge < -0.3 is 9.72 Å². The molecule has 17 heavy (non-hydrogen) atoms. The van der Waals surface area contributed by atoms with Crippen LogP contribution in [0, 0.1) is 0 Å². The molecular weight excluding hydrogens is 242 g/mol. The van der Waals surface area contributed by atoms with E-state index in [1.807, 2.05) is 0 Å². The lowest BCUT2D eigenvalue weighted by Gasteiger charge is -2.00. The number of nitrogens with one attached hydrogen (secondary N) is 1. The van der Waals surface area contributed by atoms with Crippen molar-refractivity contribution >= 4 is 26.7 Å². The first-order valence-corrected chi connectivity index (χ1v) is 6.73. The van der Waals surface area contributed by atoms with Gasteiger partial charge in [0.2, 0.25) is 0 Å². The second kappa shape index (κ2) is 3.89. The van der Waals surface area contributed by atoms with Crippen molar-refractivity contribution in [1.82, 2.24) is 4.98 Å². The third-order valence-corrected chi connectivity index (χ3v) is 3.58. The Bertz CT molecular complexity index is 685. The molecule has 1 heterocycles. The molecule has 1 aromatic heterocycles. The SMILES string of the molecule is COC(=O)c1[nH]c2ccccc2c1S(C)(=O)=O. The molecule has 0 fully saturated rings. The maximum absolute atomic E-state index is 11.7. The van der Waals surface area contributed by atoms with Gasteiger partial charge in [0.1, 0.15) is 10.6 Å². The average molecular weight is 253 g/mol. The molecular formula is C11H11NO4S. The van der Waals surface area contributed by atoms with Crippen molar-refractivity contribution in [1.29, 1.82) is 0 Å². The molecule has 0 aliphatic heterocycles. The molecule has 0 radical (unpaired) electrons. The van der Waals surface area contributed by atoms with Gasteiger partial charge in [0.15, 0.2) is 9.84 Å². The molecule has 0 unspecified atom stereocenters. The van der Waals surface area contributed by atoms with Crippen LogP contribution in [0.3, 0.4) is 0 Å². The zero-order valence-electron chi connectivity index (χ0n) is 9.35. The van der Waals surface area contributed by atoms with Crippen molar-refractivity contribution in [2.75, 3.05) is 13.4 Å². The molecule has 1 N–H and O–H groups in total. The molecule has 6 heteroatoms. The van der Waals surface area contributed by atoms with Crippen LogP contribution in [0.4, 0.5) is 0 Å². The predicted molar refractivity (Wildman–Crippen MR) is 62.7 cm³/mol. The number of H-pyrrole nitrogens is 1. The first-order valence-electron chi connectivity index (χ1n) is 4.84. The molecule has 0 amide bonds. The second-order valence-electron chi connectivity index (χ2n) is 3.64. The summed E-state index contributed by atoms with van der Waals surface area (Å²) in [6.07, 6.45) is 1.06. The van der Waals surface area contributed by atoms with Crippen molar-refractivity contribution in [2.24, 2.45) is 0 Å². The summed E-state index contributed by atoms with van der Waals surface area (Å²) in [5.41, 5.74) is 0.560. The van der Waals surface area contributed by atoms with Crippen LogP contribution >= 0.6 is 0 Å². The van der Waals surface area contributed by atoms with Gasteiger partial charge in [0.25, 0.3) is 0 Å². The van der Waals surface area contributed by atoms with E-state index in [1.54, 1.807) is 24.3 Å². The largest absolute Gasteiger partial charge is 0.464 e. The zero-order valence-corrected chi connectivity index (χ0v) is 10.2. The Morgan fingerprint density at radius 2 is 1.94 bits per heavy atom. The second-order valence-corrected chi connectivity index (χ2v) is 5.59. The van der Waals surface area contributed by atoms with Crippen LogP contribution in [0.5, 0.6) is 0 Å². The highest BCUT2D eigenvalue weighted by Crippen LogP contribution is 2.27. The molecule has 1 aromatic carbocycles. The van der Waals surface area contributed by atoms with Crippen LogP contribution in [0.25, 0.3) is 10.9 Å². The van der Waals surface area contributed by atoms with Crippen molar-refractivity contribution in [2.45, 2.75) is 4.90 Å². The van der Waals surface area contributed by atoms with E-state index in [0.29, 0.717) is 10.9 Å². The molecule has 0 saturated heterocycles. The fourth-order valence-electron chi connectivity index (χ4n) is 1.75. The van der Waals surface area contributed by atoms with Gasteiger partial charge in [-0.3, -0.25) is 0 Å². The van der Waals surface area contributed by atoms with E-state index in [-0.39, 0.29) is 10.6 Å². The maximum Gasteiger partial charge on any atom is 0.355 e. The average Bonchev–Trinajstić information content (AvgIpc) is 2.66. The molecule has 0 aliphatic carbocycles. The summed E-state index contributed by atoms with van der Waals surface area (Å²) >= 11 is 0. The first-order chi connectivity index (χ1) is 7.95. The Morgan fingerprint density at radius 1 is 1.29 bits per heavy atom. The quantitative estimate of drug-likeness (QED) is 0.820. The minimum Gasteiger partial charge on any atom is -0.464 e. The number of fused-ring (bicyclic) bond motifs is 1. The van der Waals surface area contributed by atoms with E-state index in [9.17, 15) is 13.2 Å². The predicted octanol–water partition coefficient (Wildman–Crippen LogP) is 1.36. The lowest BCUT2D eigenvalue weighted by atomic mass is 10.2. The van der Waals surface area contributed by atoms with E-state index < -0.39 is 15.8 Å². The third-order valence-electron chi connectivity index (χ3n) is 2.42. The minimum atomic E-state index is -3.50. The molecule has 2 rings (SSSR count). The number of methoxy groups -OCH3 is 1. The van der Waals surface area contributed by atoms with Gasteiger partial charge in [-0.2, -0.15) is 0 Å². The lowest BCUT2D eigenvalue weighted by molar-refractivity contribution is 0.0590. The van der Waals surface area contributed by atoms with Gasteiger partial charge in [0.05, 0.1) is 7.11 Å². The highest BCUT2D eigenvalue weighted by atomic mass is 32.2. The summed E-state index contributed by atoms with van der Waals surface area (Å²) in [5.74, 6) is -0.693. The molecule has 0 saturated carbocycles. The van der Waals surface area contributed by atoms with E-state index in [2.05, 4.69) is 9.72 Å². The highest BCUT2D eigenvalue weighted by Gasteiger charge is 2.24. The first kappa shape index (κ1) is 11.7. The lowest BCUT2D eigenvalue weighted by Crippen LogP contribution is -2.08. The van der Waals surface area contributed by atoms with Gasteiger partial charge >= 0.3 is 5.97 Å². The Labute approximate surface area is 98.3 Å². The van der Waals surface area contributed by atoms with Crippen LogP contribution in [-0.2, 0) is 14.6 Å². The number of para-hydroxylation sites is 1. The van der Waals surface area contributed by atoms with Gasteiger partial charge in [0, 0.05) is 17.2 Å². The fourth-order valence-corrected chi connectivity index (χ4v) is 2.83. The topological polar surface area (TPSA) is 76.2 Å². The maximum atomic E-state index is 11.7. The van der Waals surface area contributed by atoms with E-state index in [1.165, 1.54) is 7.11 Å². The molecule has 5 nitrogen and oxygen atoms in total. The van der Waals surface area contributed by atoms with Gasteiger partial charge in [-0.25, -0.2) is 13.2 Å². The van der Waals surface area contributed by atoms with Crippen molar-refractivity contribution in [3.8, 4) is 0 Å². The van der Waals surface area contributed by atoms with Gasteiger partial charge in [-0.05, 0) is 6.07 Å². The van der Waals surface area contributed by atoms with E-state index in [4.69, 9.17) is 0 Å². The summed E-state index contributed by atoms with van der Waals surface area (Å²) in [7, 11) is -2.30. The summed E-state index contributed by atoms with van der Waals surface area (Å²) in [5, 5.41) is 0.496. The Morgan fingerprint density at radius 3 is 2.53 bits per heavy atom. The number of carbonyl (C=O) groups is 1. The van der Waals surface area contributed by atoms with Crippen LogP contribution < -0.4 is 0 Å². The summed E-state index contributed by atoms with van der Waals surface area (Å²) in [4.78, 5) is 14.3. The number of benzene rings is 1. The molecule has 0 spiro atoms. The molecule has 0 bridgehead atoms. The molecule has 2 aromatic rings. The fraction of sp³-hybridized carbons (Fsp3) is 0.182. The monoisotopic (exact) mass is 253 g/mol. The van der Waals surface area contributed by atoms with Crippen LogP contribution in [0.1, 0.15) is 10.5 Å². The third kappa shape index (κ3) is 1.91. The number of hydrogen-bond donors (Lipinski definition) is 1. The van der Waals surface area contributed by atoms with Gasteiger partial charge in [-0.15, -0.1) is 0 Å². The van der Waals surface area contributed by atoms with Crippen LogP contribution in [0.2, 0.25) is 0 Å². The molecule has 0 atom stereocenters. The van der Waals surface area contributed by atoms with E-state index >= 15 is 0 Å². The smallest absolute Gasteiger partial charge is 0.355 e. The Kier molecular flexibility index (Phi) is 2.66. The number of aromatic amines is 1. The standard InChI is InChI=1S/C11H11NO4S/c1-16-11(13)9-10(17(2,14)15)7-5-3-4-6-8(7)12-9/h3-6,12H,1-2H3. The number of rotatable bonds is 2. The van der Waals surface area contributed by atoms with Crippen LogP contribution in [0.15, 0.2) is 29.2 Å². The van der Waals surface area contributed by atoms with E-state index in [0.717, 1.165) is 6.26 Å². The van der Waals surface area contributed by atoms with Gasteiger partial charge in [-0.1, -0.05) is 18.2 Å². The Balaban J connectivity index is 2.89. The number of carbonyl (C=O) groups excluding carboxylic acids is 1. The number of hydrogen-bond acceptors (Lipinski definition) is 4. The summed E-state index contributed by atoms with van der Waals surface area (Å²) in [6, 6.07) is 6.82. The number of ether oxygens (including phenoxy) is 1. The number of esters is 1. The van der Waals surface area contributed by atoms with Crippen molar-refractivity contribution in [3.63, 3.8) is 0 Å². The molecule has 90 valence electrons. The summed E-state index contributed by atoms with van der Waals surface area (Å²) < 4.78 is 28.0.